The Morgan fingerprint density at radius 1 is 1.29 bits per heavy atom. The van der Waals surface area contributed by atoms with Gasteiger partial charge in [0.15, 0.2) is 0 Å². The molecule has 0 unspecified atom stereocenters. The molecule has 3 rings (SSSR count). The lowest BCUT2D eigenvalue weighted by atomic mass is 10.2. The predicted octanol–water partition coefficient (Wildman–Crippen LogP) is 1.23. The van der Waals surface area contributed by atoms with E-state index in [2.05, 4.69) is 20.6 Å². The second-order valence-corrected chi connectivity index (χ2v) is 4.92. The minimum Gasteiger partial charge on any atom is -0.324 e. The van der Waals surface area contributed by atoms with E-state index in [1.807, 2.05) is 0 Å². The third-order valence-electron chi connectivity index (χ3n) is 3.48. The van der Waals surface area contributed by atoms with Gasteiger partial charge < -0.3 is 9.88 Å². The summed E-state index contributed by atoms with van der Waals surface area (Å²) in [7, 11) is 0. The van der Waals surface area contributed by atoms with Crippen LogP contribution in [0.1, 0.15) is 23.6 Å². The van der Waals surface area contributed by atoms with E-state index in [1.165, 1.54) is 4.57 Å². The molecule has 2 aromatic heterocycles. The van der Waals surface area contributed by atoms with Gasteiger partial charge in [0.2, 0.25) is 5.82 Å². The standard InChI is InChI=1S/C12H15F3N6/c13-12(14,15)11-18-9-8-16-3-2-10(9)21(11)6-1-5-20-7-4-17-19-20/h4,7,16H,1-3,5-6,8H2. The zero-order valence-electron chi connectivity index (χ0n) is 11.3. The Morgan fingerprint density at radius 2 is 2.14 bits per heavy atom. The topological polar surface area (TPSA) is 60.6 Å². The second kappa shape index (κ2) is 5.47. The highest BCUT2D eigenvalue weighted by molar-refractivity contribution is 5.21. The molecule has 0 aromatic carbocycles. The molecule has 0 saturated carbocycles. The number of hydrogen-bond donors (Lipinski definition) is 1. The molecule has 21 heavy (non-hydrogen) atoms. The quantitative estimate of drug-likeness (QED) is 0.922. The Balaban J connectivity index is 1.80. The van der Waals surface area contributed by atoms with Gasteiger partial charge in [-0.05, 0) is 6.42 Å². The molecule has 3 heterocycles. The SMILES string of the molecule is FC(F)(F)c1nc2c(n1CCCn1ccnn1)CCNC2. The lowest BCUT2D eigenvalue weighted by molar-refractivity contribution is -0.147. The van der Waals surface area contributed by atoms with E-state index in [0.29, 0.717) is 43.9 Å². The normalized spacial score (nSPS) is 15.2. The summed E-state index contributed by atoms with van der Waals surface area (Å²) in [5.74, 6) is -0.796. The summed E-state index contributed by atoms with van der Waals surface area (Å²) in [6.07, 6.45) is -0.0706. The van der Waals surface area contributed by atoms with Gasteiger partial charge in [-0.3, -0.25) is 4.68 Å². The van der Waals surface area contributed by atoms with E-state index in [4.69, 9.17) is 0 Å². The number of fused-ring (bicyclic) bond motifs is 1. The van der Waals surface area contributed by atoms with Crippen LogP contribution in [-0.4, -0.2) is 31.1 Å². The van der Waals surface area contributed by atoms with Crippen molar-refractivity contribution in [2.24, 2.45) is 0 Å². The molecule has 0 aliphatic carbocycles. The van der Waals surface area contributed by atoms with Gasteiger partial charge in [-0.2, -0.15) is 13.2 Å². The summed E-state index contributed by atoms with van der Waals surface area (Å²) < 4.78 is 42.2. The molecule has 2 aromatic rings. The molecule has 0 spiro atoms. The predicted molar refractivity (Wildman–Crippen MR) is 67.3 cm³/mol. The summed E-state index contributed by atoms with van der Waals surface area (Å²) in [6.45, 7) is 1.88. The second-order valence-electron chi connectivity index (χ2n) is 4.92. The number of imidazole rings is 1. The highest BCUT2D eigenvalue weighted by Gasteiger charge is 2.38. The minimum atomic E-state index is -4.43. The lowest BCUT2D eigenvalue weighted by Gasteiger charge is -2.16. The van der Waals surface area contributed by atoms with E-state index in [1.54, 1.807) is 17.1 Å². The first-order valence-corrected chi connectivity index (χ1v) is 6.76. The fourth-order valence-electron chi connectivity index (χ4n) is 2.57. The molecule has 1 aliphatic heterocycles. The van der Waals surface area contributed by atoms with Crippen molar-refractivity contribution in [3.63, 3.8) is 0 Å². The monoisotopic (exact) mass is 300 g/mol. The molecule has 0 fully saturated rings. The van der Waals surface area contributed by atoms with Gasteiger partial charge in [0, 0.05) is 44.5 Å². The van der Waals surface area contributed by atoms with Crippen LogP contribution in [0.25, 0.3) is 0 Å². The Kier molecular flexibility index (Phi) is 3.66. The number of hydrogen-bond acceptors (Lipinski definition) is 4. The number of nitrogens with one attached hydrogen (secondary N) is 1. The maximum absolute atomic E-state index is 13.1. The smallest absolute Gasteiger partial charge is 0.324 e. The van der Waals surface area contributed by atoms with Crippen molar-refractivity contribution >= 4 is 0 Å². The molecule has 6 nitrogen and oxygen atoms in total. The Bertz CT molecular complexity index is 601. The Hall–Kier alpha value is -1.90. The highest BCUT2D eigenvalue weighted by atomic mass is 19.4. The van der Waals surface area contributed by atoms with Crippen molar-refractivity contribution in [3.05, 3.63) is 29.6 Å². The minimum absolute atomic E-state index is 0.275. The lowest BCUT2D eigenvalue weighted by Crippen LogP contribution is -2.25. The number of nitrogens with zero attached hydrogens (tertiary/aromatic N) is 5. The third-order valence-corrected chi connectivity index (χ3v) is 3.48. The summed E-state index contributed by atoms with van der Waals surface area (Å²) in [6, 6.07) is 0. The third kappa shape index (κ3) is 2.92. The van der Waals surface area contributed by atoms with Crippen LogP contribution in [0.2, 0.25) is 0 Å². The molecular formula is C12H15F3N6. The van der Waals surface area contributed by atoms with Crippen LogP contribution >= 0.6 is 0 Å². The molecule has 114 valence electrons. The summed E-state index contributed by atoms with van der Waals surface area (Å²) in [5.41, 5.74) is 1.20. The number of aryl methyl sites for hydroxylation is 1. The summed E-state index contributed by atoms with van der Waals surface area (Å²) >= 11 is 0. The van der Waals surface area contributed by atoms with Crippen molar-refractivity contribution < 1.29 is 13.2 Å². The largest absolute Gasteiger partial charge is 0.449 e. The molecule has 1 aliphatic rings. The van der Waals surface area contributed by atoms with Crippen molar-refractivity contribution in [1.82, 2.24) is 29.9 Å². The van der Waals surface area contributed by atoms with Crippen molar-refractivity contribution in [3.8, 4) is 0 Å². The van der Waals surface area contributed by atoms with E-state index in [0.717, 1.165) is 0 Å². The van der Waals surface area contributed by atoms with Crippen LogP contribution in [0.3, 0.4) is 0 Å². The van der Waals surface area contributed by atoms with E-state index < -0.39 is 12.0 Å². The molecule has 0 radical (unpaired) electrons. The van der Waals surface area contributed by atoms with Crippen LogP contribution in [0.15, 0.2) is 12.4 Å². The van der Waals surface area contributed by atoms with Gasteiger partial charge in [0.25, 0.3) is 0 Å². The van der Waals surface area contributed by atoms with E-state index in [9.17, 15) is 13.2 Å². The Morgan fingerprint density at radius 3 is 2.86 bits per heavy atom. The van der Waals surface area contributed by atoms with Gasteiger partial charge in [-0.25, -0.2) is 4.98 Å². The van der Waals surface area contributed by atoms with Crippen molar-refractivity contribution in [2.75, 3.05) is 6.54 Å². The average molecular weight is 300 g/mol. The Labute approximate surface area is 119 Å². The summed E-state index contributed by atoms with van der Waals surface area (Å²) in [4.78, 5) is 3.78. The van der Waals surface area contributed by atoms with Crippen LogP contribution in [0.5, 0.6) is 0 Å². The number of halogens is 3. The molecule has 0 atom stereocenters. The van der Waals surface area contributed by atoms with Crippen molar-refractivity contribution in [2.45, 2.75) is 38.7 Å². The first-order valence-electron chi connectivity index (χ1n) is 6.76. The molecule has 9 heteroatoms. The van der Waals surface area contributed by atoms with Gasteiger partial charge >= 0.3 is 6.18 Å². The van der Waals surface area contributed by atoms with Crippen LogP contribution < -0.4 is 5.32 Å². The molecular weight excluding hydrogens is 285 g/mol. The maximum Gasteiger partial charge on any atom is 0.449 e. The van der Waals surface area contributed by atoms with E-state index in [-0.39, 0.29) is 6.54 Å². The van der Waals surface area contributed by atoms with E-state index >= 15 is 0 Å². The zero-order valence-corrected chi connectivity index (χ0v) is 11.3. The first kappa shape index (κ1) is 14.1. The van der Waals surface area contributed by atoms with Gasteiger partial charge in [-0.1, -0.05) is 5.21 Å². The fraction of sp³-hybridized carbons (Fsp3) is 0.583. The highest BCUT2D eigenvalue weighted by Crippen LogP contribution is 2.31. The first-order chi connectivity index (χ1) is 10.1. The van der Waals surface area contributed by atoms with Crippen LogP contribution in [0, 0.1) is 0 Å². The summed E-state index contributed by atoms with van der Waals surface area (Å²) in [5, 5.41) is 10.5. The number of rotatable bonds is 4. The zero-order chi connectivity index (χ0) is 14.9. The average Bonchev–Trinajstić information content (AvgIpc) is 3.06. The maximum atomic E-state index is 13.1. The van der Waals surface area contributed by atoms with Gasteiger partial charge in [0.05, 0.1) is 11.9 Å². The molecule has 1 N–H and O–H groups in total. The number of alkyl halides is 3. The molecule has 0 saturated heterocycles. The van der Waals surface area contributed by atoms with Crippen molar-refractivity contribution in [1.29, 1.82) is 0 Å². The van der Waals surface area contributed by atoms with Crippen LogP contribution in [-0.2, 0) is 32.2 Å². The van der Waals surface area contributed by atoms with Crippen LogP contribution in [0.4, 0.5) is 13.2 Å². The number of aromatic nitrogens is 5. The molecule has 0 bridgehead atoms. The fourth-order valence-corrected chi connectivity index (χ4v) is 2.57. The molecule has 0 amide bonds. The van der Waals surface area contributed by atoms with Gasteiger partial charge in [0.1, 0.15) is 0 Å². The van der Waals surface area contributed by atoms with Gasteiger partial charge in [-0.15, -0.1) is 5.10 Å².